The number of benzene rings is 8. The van der Waals surface area contributed by atoms with E-state index in [2.05, 4.69) is 161 Å². The molecule has 2 aromatic heterocycles. The molecule has 0 bridgehead atoms. The molecule has 0 fully saturated rings. The Labute approximate surface area is 297 Å². The third-order valence-electron chi connectivity index (χ3n) is 10.00. The summed E-state index contributed by atoms with van der Waals surface area (Å²) in [6, 6.07) is 60.1. The van der Waals surface area contributed by atoms with E-state index in [9.17, 15) is 0 Å². The van der Waals surface area contributed by atoms with Crippen LogP contribution in [0.15, 0.2) is 174 Å². The van der Waals surface area contributed by atoms with Gasteiger partial charge < -0.3 is 19.0 Å². The summed E-state index contributed by atoms with van der Waals surface area (Å²) in [7, 11) is 0. The molecule has 51 heavy (non-hydrogen) atoms. The highest BCUT2D eigenvalue weighted by Crippen LogP contribution is 2.53. The second-order valence-corrected chi connectivity index (χ2v) is 14.1. The minimum atomic E-state index is 0.795. The largest absolute Gasteiger partial charge is 0.456 e. The number of hydrogen-bond acceptors (Lipinski definition) is 5. The average Bonchev–Trinajstić information content (AvgIpc) is 3.74. The highest BCUT2D eigenvalue weighted by atomic mass is 32.1. The Kier molecular flexibility index (Phi) is 6.09. The summed E-state index contributed by atoms with van der Waals surface area (Å²) in [6.45, 7) is 0. The van der Waals surface area contributed by atoms with E-state index in [0.29, 0.717) is 0 Å². The van der Waals surface area contributed by atoms with Crippen molar-refractivity contribution in [3.63, 3.8) is 0 Å². The molecule has 8 aromatic carbocycles. The predicted octanol–water partition coefficient (Wildman–Crippen LogP) is 14.2. The summed E-state index contributed by atoms with van der Waals surface area (Å²) in [5, 5.41) is 7.15. The lowest BCUT2D eigenvalue weighted by atomic mass is 10.1. The van der Waals surface area contributed by atoms with Crippen LogP contribution in [0.4, 0.5) is 34.1 Å². The van der Waals surface area contributed by atoms with E-state index >= 15 is 0 Å². The molecule has 5 heteroatoms. The molecule has 10 aromatic rings. The molecule has 0 radical (unpaired) electrons. The molecule has 0 N–H and O–H groups in total. The molecular formula is C46H28N2O2S. The Hall–Kier alpha value is -6.56. The fourth-order valence-electron chi connectivity index (χ4n) is 7.63. The lowest BCUT2D eigenvalue weighted by molar-refractivity contribution is 0.477. The van der Waals surface area contributed by atoms with E-state index in [1.165, 1.54) is 30.9 Å². The van der Waals surface area contributed by atoms with Crippen LogP contribution >= 0.6 is 11.3 Å². The maximum absolute atomic E-state index is 6.73. The van der Waals surface area contributed by atoms with Gasteiger partial charge in [0, 0.05) is 59.8 Å². The highest BCUT2D eigenvalue weighted by Gasteiger charge is 2.28. The van der Waals surface area contributed by atoms with Gasteiger partial charge in [0.25, 0.3) is 0 Å². The Morgan fingerprint density at radius 3 is 2.08 bits per heavy atom. The zero-order valence-electron chi connectivity index (χ0n) is 27.3. The zero-order chi connectivity index (χ0) is 33.5. The minimum Gasteiger partial charge on any atom is -0.456 e. The number of thiophene rings is 1. The number of para-hydroxylation sites is 3. The van der Waals surface area contributed by atoms with Crippen molar-refractivity contribution in [2.75, 3.05) is 9.80 Å². The van der Waals surface area contributed by atoms with E-state index < -0.39 is 0 Å². The van der Waals surface area contributed by atoms with Gasteiger partial charge in [-0.25, -0.2) is 0 Å². The maximum atomic E-state index is 6.73. The molecule has 1 aliphatic heterocycles. The van der Waals surface area contributed by atoms with Crippen LogP contribution < -0.4 is 14.5 Å². The van der Waals surface area contributed by atoms with Crippen molar-refractivity contribution in [1.82, 2.24) is 0 Å². The summed E-state index contributed by atoms with van der Waals surface area (Å²) in [5.41, 5.74) is 7.95. The van der Waals surface area contributed by atoms with E-state index in [4.69, 9.17) is 9.15 Å². The van der Waals surface area contributed by atoms with E-state index in [1.807, 2.05) is 29.5 Å². The summed E-state index contributed by atoms with van der Waals surface area (Å²) < 4.78 is 15.5. The fraction of sp³-hybridized carbons (Fsp3) is 0. The van der Waals surface area contributed by atoms with Gasteiger partial charge in [-0.3, -0.25) is 0 Å². The standard InChI is InChI=1S/C46H28N2O2S/c1-2-10-30-25-31(18-17-29(30)9-1)47(32-21-24-42-38(26-32)35-11-3-6-14-41(35)49-42)33-20-23-40-44(27-33)50-43-15-7-5-13-39(43)48(40)34-19-22-37-36-12-4-8-16-45(36)51-46(37)28-34/h1-28H. The predicted molar refractivity (Wildman–Crippen MR) is 214 cm³/mol. The van der Waals surface area contributed by atoms with Crippen molar-refractivity contribution < 1.29 is 9.15 Å². The van der Waals surface area contributed by atoms with E-state index in [0.717, 1.165) is 67.6 Å². The van der Waals surface area contributed by atoms with Crippen molar-refractivity contribution in [3.8, 4) is 11.5 Å². The van der Waals surface area contributed by atoms with Gasteiger partial charge in [0.05, 0.1) is 11.4 Å². The van der Waals surface area contributed by atoms with Gasteiger partial charge in [0.15, 0.2) is 11.5 Å². The van der Waals surface area contributed by atoms with E-state index in [-0.39, 0.29) is 0 Å². The van der Waals surface area contributed by atoms with Crippen LogP contribution in [0, 0.1) is 0 Å². The highest BCUT2D eigenvalue weighted by molar-refractivity contribution is 7.25. The topological polar surface area (TPSA) is 28.9 Å². The number of rotatable bonds is 4. The second-order valence-electron chi connectivity index (χ2n) is 13.0. The summed E-state index contributed by atoms with van der Waals surface area (Å²) >= 11 is 1.84. The molecule has 0 unspecified atom stereocenters. The Balaban J connectivity index is 1.09. The number of hydrogen-bond donors (Lipinski definition) is 0. The number of nitrogens with zero attached hydrogens (tertiary/aromatic N) is 2. The monoisotopic (exact) mass is 672 g/mol. The van der Waals surface area contributed by atoms with Crippen molar-refractivity contribution in [2.24, 2.45) is 0 Å². The lowest BCUT2D eigenvalue weighted by Crippen LogP contribution is -2.16. The van der Waals surface area contributed by atoms with Crippen LogP contribution in [-0.2, 0) is 0 Å². The van der Waals surface area contributed by atoms with Gasteiger partial charge in [-0.2, -0.15) is 0 Å². The Morgan fingerprint density at radius 1 is 0.431 bits per heavy atom. The maximum Gasteiger partial charge on any atom is 0.153 e. The third kappa shape index (κ3) is 4.45. The van der Waals surface area contributed by atoms with Crippen LogP contribution in [0.5, 0.6) is 11.5 Å². The van der Waals surface area contributed by atoms with Crippen molar-refractivity contribution in [3.05, 3.63) is 170 Å². The van der Waals surface area contributed by atoms with Gasteiger partial charge in [0.1, 0.15) is 11.2 Å². The van der Waals surface area contributed by atoms with Crippen LogP contribution in [0.3, 0.4) is 0 Å². The van der Waals surface area contributed by atoms with Gasteiger partial charge >= 0.3 is 0 Å². The number of fused-ring (bicyclic) bond motifs is 9. The molecule has 3 heterocycles. The molecule has 240 valence electrons. The molecule has 1 aliphatic rings. The molecule has 4 nitrogen and oxygen atoms in total. The molecule has 11 rings (SSSR count). The zero-order valence-corrected chi connectivity index (χ0v) is 28.1. The van der Waals surface area contributed by atoms with Gasteiger partial charge in [-0.15, -0.1) is 11.3 Å². The van der Waals surface area contributed by atoms with Gasteiger partial charge in [-0.1, -0.05) is 84.9 Å². The van der Waals surface area contributed by atoms with E-state index in [1.54, 1.807) is 0 Å². The first-order valence-corrected chi connectivity index (χ1v) is 17.9. The third-order valence-corrected chi connectivity index (χ3v) is 11.1. The van der Waals surface area contributed by atoms with Gasteiger partial charge in [0.2, 0.25) is 0 Å². The Morgan fingerprint density at radius 2 is 1.12 bits per heavy atom. The fourth-order valence-corrected chi connectivity index (χ4v) is 8.77. The summed E-state index contributed by atoms with van der Waals surface area (Å²) in [6.07, 6.45) is 0. The average molecular weight is 673 g/mol. The van der Waals surface area contributed by atoms with Crippen LogP contribution in [-0.4, -0.2) is 0 Å². The van der Waals surface area contributed by atoms with Crippen LogP contribution in [0.1, 0.15) is 0 Å². The molecule has 0 spiro atoms. The quantitative estimate of drug-likeness (QED) is 0.186. The van der Waals surface area contributed by atoms with Crippen molar-refractivity contribution >= 4 is 98.3 Å². The number of anilines is 6. The van der Waals surface area contributed by atoms with Crippen LogP contribution in [0.25, 0.3) is 52.9 Å². The van der Waals surface area contributed by atoms with Crippen LogP contribution in [0.2, 0.25) is 0 Å². The molecule has 0 aliphatic carbocycles. The molecule has 0 atom stereocenters. The number of furan rings is 1. The number of ether oxygens (including phenoxy) is 1. The molecular weight excluding hydrogens is 645 g/mol. The summed E-state index contributed by atoms with van der Waals surface area (Å²) in [4.78, 5) is 4.64. The first-order chi connectivity index (χ1) is 25.2. The lowest BCUT2D eigenvalue weighted by Gasteiger charge is -2.34. The first-order valence-electron chi connectivity index (χ1n) is 17.1. The molecule has 0 amide bonds. The molecule has 0 saturated carbocycles. The van der Waals surface area contributed by atoms with Crippen molar-refractivity contribution in [1.29, 1.82) is 0 Å². The normalized spacial score (nSPS) is 12.4. The first kappa shape index (κ1) is 28.3. The smallest absolute Gasteiger partial charge is 0.153 e. The van der Waals surface area contributed by atoms with Crippen molar-refractivity contribution in [2.45, 2.75) is 0 Å². The van der Waals surface area contributed by atoms with Gasteiger partial charge in [-0.05, 0) is 89.6 Å². The minimum absolute atomic E-state index is 0.795. The Bertz CT molecular complexity index is 2990. The molecule has 0 saturated heterocycles. The summed E-state index contributed by atoms with van der Waals surface area (Å²) in [5.74, 6) is 1.62. The SMILES string of the molecule is c1ccc2c(c1)Oc1cc(N(c3ccc4ccccc4c3)c3ccc4oc5ccccc5c4c3)ccc1N2c1ccc2c(c1)sc1ccccc12. The second kappa shape index (κ2) is 11.0.